The van der Waals surface area contributed by atoms with Crippen LogP contribution in [-0.2, 0) is 26.5 Å². The number of hydrogen-bond donors (Lipinski definition) is 1. The molecule has 2 rings (SSSR count). The molecule has 0 radical (unpaired) electrons. The third kappa shape index (κ3) is 4.75. The number of nitrogens with one attached hydrogen (secondary N) is 1. The van der Waals surface area contributed by atoms with Crippen LogP contribution in [0, 0.1) is 0 Å². The van der Waals surface area contributed by atoms with Gasteiger partial charge in [-0.3, -0.25) is 14.3 Å². The number of rotatable bonds is 6. The summed E-state index contributed by atoms with van der Waals surface area (Å²) in [6.45, 7) is 0.792. The average Bonchev–Trinajstić information content (AvgIpc) is 2.96. The van der Waals surface area contributed by atoms with E-state index in [4.69, 9.17) is 0 Å². The van der Waals surface area contributed by atoms with Crippen LogP contribution < -0.4 is 5.32 Å². The number of carbonyl (C=O) groups excluding carboxylic acids is 2. The summed E-state index contributed by atoms with van der Waals surface area (Å²) in [4.78, 5) is 28.3. The molecule has 146 valence electrons. The summed E-state index contributed by atoms with van der Waals surface area (Å²) in [6, 6.07) is 1.80. The first-order valence-electron chi connectivity index (χ1n) is 8.47. The van der Waals surface area contributed by atoms with Crippen LogP contribution in [0.15, 0.2) is 12.3 Å². The first kappa shape index (κ1) is 20.2. The summed E-state index contributed by atoms with van der Waals surface area (Å²) in [7, 11) is 2.03. The lowest BCUT2D eigenvalue weighted by atomic mass is 9.85. The lowest BCUT2D eigenvalue weighted by molar-refractivity contribution is -0.139. The maximum absolute atomic E-state index is 12.8. The molecule has 1 aromatic rings. The first-order valence-corrected chi connectivity index (χ1v) is 10.5. The maximum Gasteiger partial charge on any atom is 0.247 e. The molecule has 9 nitrogen and oxygen atoms in total. The normalized spacial score (nSPS) is 17.0. The van der Waals surface area contributed by atoms with Crippen LogP contribution in [0.5, 0.6) is 0 Å². The van der Waals surface area contributed by atoms with Gasteiger partial charge < -0.3 is 15.1 Å². The van der Waals surface area contributed by atoms with E-state index in [1.165, 1.54) is 0 Å². The van der Waals surface area contributed by atoms with Crippen molar-refractivity contribution in [2.45, 2.75) is 24.8 Å². The molecule has 0 aromatic carbocycles. The Balaban J connectivity index is 2.09. The van der Waals surface area contributed by atoms with Gasteiger partial charge in [-0.15, -0.1) is 0 Å². The Morgan fingerprint density at radius 1 is 1.31 bits per heavy atom. The van der Waals surface area contributed by atoms with Gasteiger partial charge in [0, 0.05) is 53.0 Å². The van der Waals surface area contributed by atoms with Crippen LogP contribution >= 0.6 is 0 Å². The minimum atomic E-state index is -3.17. The molecule has 1 fully saturated rings. The Bertz CT molecular complexity index is 763. The van der Waals surface area contributed by atoms with Gasteiger partial charge in [-0.1, -0.05) is 0 Å². The zero-order valence-electron chi connectivity index (χ0n) is 15.7. The molecule has 0 spiro atoms. The third-order valence-corrected chi connectivity index (χ3v) is 5.61. The Kier molecular flexibility index (Phi) is 5.94. The van der Waals surface area contributed by atoms with Crippen LogP contribution in [0.2, 0.25) is 0 Å². The van der Waals surface area contributed by atoms with Gasteiger partial charge in [-0.25, -0.2) is 8.42 Å². The van der Waals surface area contributed by atoms with E-state index in [9.17, 15) is 18.0 Å². The van der Waals surface area contributed by atoms with Crippen LogP contribution in [0.25, 0.3) is 0 Å². The SMILES string of the molecule is CN(C)C(=O)C1(Nc2ccnn2C)CCN(C(=O)CCS(C)(=O)=O)CC1. The fourth-order valence-corrected chi connectivity index (χ4v) is 3.68. The summed E-state index contributed by atoms with van der Waals surface area (Å²) in [6.07, 6.45) is 3.64. The minimum absolute atomic E-state index is 0.0252. The van der Waals surface area contributed by atoms with E-state index >= 15 is 0 Å². The fraction of sp³-hybridized carbons (Fsp3) is 0.688. The second-order valence-electron chi connectivity index (χ2n) is 7.01. The number of piperidine rings is 1. The van der Waals surface area contributed by atoms with Crippen molar-refractivity contribution in [3.8, 4) is 0 Å². The Morgan fingerprint density at radius 2 is 1.92 bits per heavy atom. The first-order chi connectivity index (χ1) is 12.0. The van der Waals surface area contributed by atoms with Gasteiger partial charge in [0.1, 0.15) is 21.2 Å². The Morgan fingerprint density at radius 3 is 2.38 bits per heavy atom. The van der Waals surface area contributed by atoms with Crippen LogP contribution in [0.1, 0.15) is 19.3 Å². The summed E-state index contributed by atoms with van der Waals surface area (Å²) < 4.78 is 24.2. The highest BCUT2D eigenvalue weighted by Crippen LogP contribution is 2.29. The Hall–Kier alpha value is -2.10. The van der Waals surface area contributed by atoms with Crippen molar-refractivity contribution in [2.24, 2.45) is 7.05 Å². The molecule has 1 N–H and O–H groups in total. The molecule has 0 bridgehead atoms. The summed E-state index contributed by atoms with van der Waals surface area (Å²) in [5.74, 6) is 0.332. The zero-order chi connectivity index (χ0) is 19.5. The van der Waals surface area contributed by atoms with Crippen molar-refractivity contribution in [1.82, 2.24) is 19.6 Å². The number of aromatic nitrogens is 2. The smallest absolute Gasteiger partial charge is 0.247 e. The molecule has 1 aliphatic rings. The van der Waals surface area contributed by atoms with Gasteiger partial charge in [0.2, 0.25) is 11.8 Å². The highest BCUT2D eigenvalue weighted by atomic mass is 32.2. The lowest BCUT2D eigenvalue weighted by Crippen LogP contribution is -2.59. The van der Waals surface area contributed by atoms with Gasteiger partial charge in [-0.2, -0.15) is 5.10 Å². The number of aryl methyl sites for hydroxylation is 1. The fourth-order valence-electron chi connectivity index (χ4n) is 3.13. The summed E-state index contributed by atoms with van der Waals surface area (Å²) in [5, 5.41) is 7.43. The number of sulfone groups is 1. The van der Waals surface area contributed by atoms with Crippen LogP contribution in [0.3, 0.4) is 0 Å². The zero-order valence-corrected chi connectivity index (χ0v) is 16.5. The monoisotopic (exact) mass is 385 g/mol. The quantitative estimate of drug-likeness (QED) is 0.722. The standard InChI is InChI=1S/C16H27N5O4S/c1-19(2)15(23)16(18-13-5-9-17-20(13)3)7-10-21(11-8-16)14(22)6-12-26(4,24)25/h5,9,18H,6-8,10-12H2,1-4H3. The van der Waals surface area contributed by atoms with Crippen LogP contribution in [0.4, 0.5) is 5.82 Å². The van der Waals surface area contributed by atoms with Gasteiger partial charge in [0.25, 0.3) is 0 Å². The van der Waals surface area contributed by atoms with Crippen molar-refractivity contribution in [1.29, 1.82) is 0 Å². The summed E-state index contributed by atoms with van der Waals surface area (Å²) >= 11 is 0. The molecule has 1 aromatic heterocycles. The number of likely N-dealkylation sites (N-methyl/N-ethyl adjacent to an activating group) is 1. The van der Waals surface area contributed by atoms with Crippen LogP contribution in [-0.4, -0.2) is 84.5 Å². The molecule has 0 atom stereocenters. The number of anilines is 1. The molecule has 1 saturated heterocycles. The molecule has 0 aliphatic carbocycles. The molecule has 2 amide bonds. The van der Waals surface area contributed by atoms with E-state index in [0.717, 1.165) is 12.1 Å². The molecule has 0 saturated carbocycles. The molecule has 1 aliphatic heterocycles. The molecular formula is C16H27N5O4S. The predicted octanol–water partition coefficient (Wildman–Crippen LogP) is -0.284. The van der Waals surface area contributed by atoms with Gasteiger partial charge >= 0.3 is 0 Å². The Labute approximate surface area is 154 Å². The van der Waals surface area contributed by atoms with Crippen molar-refractivity contribution < 1.29 is 18.0 Å². The van der Waals surface area contributed by atoms with E-state index in [0.29, 0.717) is 25.9 Å². The molecule has 0 unspecified atom stereocenters. The molecular weight excluding hydrogens is 358 g/mol. The number of hydrogen-bond acceptors (Lipinski definition) is 6. The second-order valence-corrected chi connectivity index (χ2v) is 9.27. The van der Waals surface area contributed by atoms with Gasteiger partial charge in [-0.05, 0) is 12.8 Å². The molecule has 2 heterocycles. The van der Waals surface area contributed by atoms with E-state index in [-0.39, 0.29) is 24.0 Å². The number of amides is 2. The lowest BCUT2D eigenvalue weighted by Gasteiger charge is -2.42. The maximum atomic E-state index is 12.8. The van der Waals surface area contributed by atoms with Crippen molar-refractivity contribution in [3.63, 3.8) is 0 Å². The van der Waals surface area contributed by atoms with Gasteiger partial charge in [0.15, 0.2) is 0 Å². The van der Waals surface area contributed by atoms with E-state index in [1.54, 1.807) is 47.9 Å². The highest BCUT2D eigenvalue weighted by molar-refractivity contribution is 7.90. The van der Waals surface area contributed by atoms with E-state index in [1.807, 2.05) is 0 Å². The summed E-state index contributed by atoms with van der Waals surface area (Å²) in [5.41, 5.74) is -0.815. The van der Waals surface area contributed by atoms with Crippen molar-refractivity contribution in [2.75, 3.05) is 44.5 Å². The predicted molar refractivity (Wildman–Crippen MR) is 98.4 cm³/mol. The highest BCUT2D eigenvalue weighted by Gasteiger charge is 2.43. The van der Waals surface area contributed by atoms with Crippen molar-refractivity contribution >= 4 is 27.5 Å². The molecule has 26 heavy (non-hydrogen) atoms. The average molecular weight is 385 g/mol. The van der Waals surface area contributed by atoms with E-state index < -0.39 is 15.4 Å². The topological polar surface area (TPSA) is 105 Å². The minimum Gasteiger partial charge on any atom is -0.356 e. The number of nitrogens with zero attached hydrogens (tertiary/aromatic N) is 4. The van der Waals surface area contributed by atoms with Crippen molar-refractivity contribution in [3.05, 3.63) is 12.3 Å². The second kappa shape index (κ2) is 7.65. The largest absolute Gasteiger partial charge is 0.356 e. The number of carbonyl (C=O) groups is 2. The molecule has 10 heteroatoms. The number of likely N-dealkylation sites (tertiary alicyclic amines) is 1. The van der Waals surface area contributed by atoms with Gasteiger partial charge in [0.05, 0.1) is 11.9 Å². The van der Waals surface area contributed by atoms with E-state index in [2.05, 4.69) is 10.4 Å². The third-order valence-electron chi connectivity index (χ3n) is 4.66.